The number of hydrogen-bond donors (Lipinski definition) is 0. The van der Waals surface area contributed by atoms with Crippen LogP contribution in [0.2, 0.25) is 5.02 Å². The second-order valence-corrected chi connectivity index (χ2v) is 4.12. The van der Waals surface area contributed by atoms with Crippen LogP contribution in [0.4, 0.5) is 0 Å². The second-order valence-electron chi connectivity index (χ2n) is 3.45. The van der Waals surface area contributed by atoms with Crippen LogP contribution in [0, 0.1) is 0 Å². The maximum Gasteiger partial charge on any atom is 0.112 e. The Hall–Kier alpha value is -0.990. The molecule has 0 aliphatic heterocycles. The average molecular weight is 255 g/mol. The van der Waals surface area contributed by atoms with Crippen LogP contribution >= 0.6 is 23.2 Å². The van der Waals surface area contributed by atoms with Gasteiger partial charge in [-0.1, -0.05) is 30.7 Å². The van der Waals surface area contributed by atoms with Gasteiger partial charge in [-0.05, 0) is 11.6 Å². The average Bonchev–Trinajstić information content (AvgIpc) is 2.76. The SMILES string of the molecule is CCc1nccn1-c1c(Cl)cccc1CCl. The fraction of sp³-hybridized carbons (Fsp3) is 0.250. The molecular weight excluding hydrogens is 243 g/mol. The van der Waals surface area contributed by atoms with E-state index in [9.17, 15) is 0 Å². The third-order valence-corrected chi connectivity index (χ3v) is 3.08. The lowest BCUT2D eigenvalue weighted by atomic mass is 10.2. The van der Waals surface area contributed by atoms with E-state index in [0.717, 1.165) is 23.5 Å². The first kappa shape index (κ1) is 11.5. The monoisotopic (exact) mass is 254 g/mol. The van der Waals surface area contributed by atoms with Crippen molar-refractivity contribution in [1.82, 2.24) is 9.55 Å². The van der Waals surface area contributed by atoms with Gasteiger partial charge in [-0.2, -0.15) is 0 Å². The largest absolute Gasteiger partial charge is 0.302 e. The van der Waals surface area contributed by atoms with Crippen LogP contribution in [0.15, 0.2) is 30.6 Å². The molecule has 0 unspecified atom stereocenters. The standard InChI is InChI=1S/C12H12Cl2N2/c1-2-11-15-6-7-16(11)12-9(8-13)4-3-5-10(12)14/h3-7H,2,8H2,1H3. The lowest BCUT2D eigenvalue weighted by Crippen LogP contribution is -2.03. The molecule has 0 bridgehead atoms. The minimum atomic E-state index is 0.442. The third-order valence-electron chi connectivity index (χ3n) is 2.49. The van der Waals surface area contributed by atoms with Crippen LogP contribution in [-0.2, 0) is 12.3 Å². The van der Waals surface area contributed by atoms with Gasteiger partial charge in [0.25, 0.3) is 0 Å². The van der Waals surface area contributed by atoms with Crippen molar-refractivity contribution in [3.63, 3.8) is 0 Å². The van der Waals surface area contributed by atoms with Crippen LogP contribution in [0.1, 0.15) is 18.3 Å². The predicted octanol–water partition coefficient (Wildman–Crippen LogP) is 3.83. The number of rotatable bonds is 3. The minimum Gasteiger partial charge on any atom is -0.302 e. The summed E-state index contributed by atoms with van der Waals surface area (Å²) in [7, 11) is 0. The van der Waals surface area contributed by atoms with Crippen molar-refractivity contribution in [2.75, 3.05) is 0 Å². The van der Waals surface area contributed by atoms with Crippen molar-refractivity contribution in [1.29, 1.82) is 0 Å². The molecule has 0 fully saturated rings. The molecule has 1 aromatic carbocycles. The smallest absolute Gasteiger partial charge is 0.112 e. The summed E-state index contributed by atoms with van der Waals surface area (Å²) in [5.74, 6) is 1.43. The second kappa shape index (κ2) is 4.89. The van der Waals surface area contributed by atoms with Crippen molar-refractivity contribution in [3.8, 4) is 5.69 Å². The van der Waals surface area contributed by atoms with Crippen LogP contribution in [0.3, 0.4) is 0 Å². The van der Waals surface area contributed by atoms with E-state index < -0.39 is 0 Å². The number of hydrogen-bond acceptors (Lipinski definition) is 1. The zero-order valence-corrected chi connectivity index (χ0v) is 10.5. The van der Waals surface area contributed by atoms with Crippen LogP contribution in [0.25, 0.3) is 5.69 Å². The van der Waals surface area contributed by atoms with Crippen molar-refractivity contribution in [2.45, 2.75) is 19.2 Å². The molecular formula is C12H12Cl2N2. The molecule has 2 rings (SSSR count). The van der Waals surface area contributed by atoms with Crippen molar-refractivity contribution in [3.05, 3.63) is 47.0 Å². The van der Waals surface area contributed by atoms with Gasteiger partial charge in [0.05, 0.1) is 10.7 Å². The summed E-state index contributed by atoms with van der Waals surface area (Å²) in [6, 6.07) is 5.76. The third kappa shape index (κ3) is 1.95. The number of para-hydroxylation sites is 1. The number of alkyl halides is 1. The van der Waals surface area contributed by atoms with E-state index >= 15 is 0 Å². The summed E-state index contributed by atoms with van der Waals surface area (Å²) in [4.78, 5) is 4.29. The molecule has 0 atom stereocenters. The van der Waals surface area contributed by atoms with Gasteiger partial charge in [0.2, 0.25) is 0 Å². The zero-order chi connectivity index (χ0) is 11.5. The van der Waals surface area contributed by atoms with E-state index in [0.29, 0.717) is 10.9 Å². The summed E-state index contributed by atoms with van der Waals surface area (Å²) in [6.45, 7) is 2.07. The van der Waals surface area contributed by atoms with Gasteiger partial charge in [0.1, 0.15) is 5.82 Å². The molecule has 0 saturated carbocycles. The summed E-state index contributed by atoms with van der Waals surface area (Å²) in [5.41, 5.74) is 1.95. The summed E-state index contributed by atoms with van der Waals surface area (Å²) >= 11 is 12.1. The van der Waals surface area contributed by atoms with E-state index in [4.69, 9.17) is 23.2 Å². The van der Waals surface area contributed by atoms with Gasteiger partial charge >= 0.3 is 0 Å². The Morgan fingerprint density at radius 2 is 2.19 bits per heavy atom. The highest BCUT2D eigenvalue weighted by Crippen LogP contribution is 2.26. The van der Waals surface area contributed by atoms with Crippen LogP contribution < -0.4 is 0 Å². The Labute approximate surface area is 105 Å². The highest BCUT2D eigenvalue weighted by atomic mass is 35.5. The first-order chi connectivity index (χ1) is 7.77. The van der Waals surface area contributed by atoms with Crippen LogP contribution in [-0.4, -0.2) is 9.55 Å². The number of benzene rings is 1. The van der Waals surface area contributed by atoms with E-state index in [-0.39, 0.29) is 0 Å². The molecule has 4 heteroatoms. The Bertz CT molecular complexity index is 492. The van der Waals surface area contributed by atoms with Crippen molar-refractivity contribution in [2.24, 2.45) is 0 Å². The summed E-state index contributed by atoms with van der Waals surface area (Å²) in [6.07, 6.45) is 4.55. The van der Waals surface area contributed by atoms with Gasteiger partial charge in [0, 0.05) is 24.7 Å². The van der Waals surface area contributed by atoms with Gasteiger partial charge in [0.15, 0.2) is 0 Å². The molecule has 0 saturated heterocycles. The maximum atomic E-state index is 6.22. The number of aryl methyl sites for hydroxylation is 1. The molecule has 0 aliphatic rings. The van der Waals surface area contributed by atoms with E-state index in [1.807, 2.05) is 29.0 Å². The molecule has 1 heterocycles. The lowest BCUT2D eigenvalue weighted by Gasteiger charge is -2.12. The number of aromatic nitrogens is 2. The van der Waals surface area contributed by atoms with Crippen molar-refractivity contribution >= 4 is 23.2 Å². The number of halogens is 2. The fourth-order valence-corrected chi connectivity index (χ4v) is 2.24. The first-order valence-electron chi connectivity index (χ1n) is 5.14. The molecule has 2 nitrogen and oxygen atoms in total. The van der Waals surface area contributed by atoms with Gasteiger partial charge in [-0.3, -0.25) is 0 Å². The summed E-state index contributed by atoms with van der Waals surface area (Å²) < 4.78 is 2.00. The van der Waals surface area contributed by atoms with Gasteiger partial charge in [-0.15, -0.1) is 11.6 Å². The number of imidazole rings is 1. The lowest BCUT2D eigenvalue weighted by molar-refractivity contribution is 0.885. The van der Waals surface area contributed by atoms with Crippen molar-refractivity contribution < 1.29 is 0 Å². The Morgan fingerprint density at radius 1 is 1.38 bits per heavy atom. The van der Waals surface area contributed by atoms with Gasteiger partial charge < -0.3 is 4.57 Å². The molecule has 0 radical (unpaired) electrons. The molecule has 1 aromatic heterocycles. The molecule has 16 heavy (non-hydrogen) atoms. The molecule has 0 amide bonds. The number of nitrogens with zero attached hydrogens (tertiary/aromatic N) is 2. The topological polar surface area (TPSA) is 17.8 Å². The molecule has 0 aliphatic carbocycles. The highest BCUT2D eigenvalue weighted by Gasteiger charge is 2.11. The Kier molecular flexibility index (Phi) is 3.52. The van der Waals surface area contributed by atoms with E-state index in [2.05, 4.69) is 11.9 Å². The van der Waals surface area contributed by atoms with E-state index in [1.165, 1.54) is 0 Å². The molecule has 0 spiro atoms. The Balaban J connectivity index is 2.63. The minimum absolute atomic E-state index is 0.442. The maximum absolute atomic E-state index is 6.22. The highest BCUT2D eigenvalue weighted by molar-refractivity contribution is 6.32. The Morgan fingerprint density at radius 3 is 2.88 bits per heavy atom. The summed E-state index contributed by atoms with van der Waals surface area (Å²) in [5, 5.41) is 0.700. The van der Waals surface area contributed by atoms with Gasteiger partial charge in [-0.25, -0.2) is 4.98 Å². The predicted molar refractivity (Wildman–Crippen MR) is 67.5 cm³/mol. The fourth-order valence-electron chi connectivity index (χ4n) is 1.74. The normalized spacial score (nSPS) is 10.7. The van der Waals surface area contributed by atoms with E-state index in [1.54, 1.807) is 6.20 Å². The molecule has 2 aromatic rings. The van der Waals surface area contributed by atoms with Crippen LogP contribution in [0.5, 0.6) is 0 Å². The zero-order valence-electron chi connectivity index (χ0n) is 8.95. The quantitative estimate of drug-likeness (QED) is 0.762. The molecule has 84 valence electrons. The first-order valence-corrected chi connectivity index (χ1v) is 6.05. The molecule has 0 N–H and O–H groups in total.